The first kappa shape index (κ1) is 32.8. The van der Waals surface area contributed by atoms with Crippen LogP contribution in [0.25, 0.3) is 22.8 Å². The van der Waals surface area contributed by atoms with E-state index in [2.05, 4.69) is 30.6 Å². The Labute approximate surface area is 288 Å². The number of anilines is 4. The normalized spacial score (nSPS) is 16.3. The quantitative estimate of drug-likeness (QED) is 0.155. The van der Waals surface area contributed by atoms with Gasteiger partial charge in [-0.3, -0.25) is 9.97 Å². The van der Waals surface area contributed by atoms with Crippen molar-refractivity contribution < 1.29 is 8.78 Å². The molecular formula is C38H36F2N10. The second-order valence-electron chi connectivity index (χ2n) is 12.4. The summed E-state index contributed by atoms with van der Waals surface area (Å²) < 4.78 is 27.0. The van der Waals surface area contributed by atoms with Gasteiger partial charge < -0.3 is 22.1 Å². The van der Waals surface area contributed by atoms with Crippen LogP contribution in [-0.4, -0.2) is 42.0 Å². The van der Waals surface area contributed by atoms with Gasteiger partial charge in [-0.2, -0.15) is 0 Å². The molecule has 0 aliphatic heterocycles. The van der Waals surface area contributed by atoms with Gasteiger partial charge in [0.25, 0.3) is 0 Å². The van der Waals surface area contributed by atoms with Crippen molar-refractivity contribution in [3.63, 3.8) is 0 Å². The lowest BCUT2D eigenvalue weighted by atomic mass is 9.92. The van der Waals surface area contributed by atoms with Gasteiger partial charge in [-0.1, -0.05) is 12.1 Å². The molecule has 2 aliphatic carbocycles. The Morgan fingerprint density at radius 2 is 0.980 bits per heavy atom. The molecule has 4 aromatic heterocycles. The van der Waals surface area contributed by atoms with Crippen LogP contribution in [0.4, 0.5) is 31.8 Å². The zero-order valence-corrected chi connectivity index (χ0v) is 27.2. The molecule has 8 rings (SSSR count). The number of fused-ring (bicyclic) bond motifs is 2. The Morgan fingerprint density at radius 1 is 0.560 bits per heavy atom. The van der Waals surface area contributed by atoms with Crippen molar-refractivity contribution in [2.24, 2.45) is 11.5 Å². The predicted octanol–water partition coefficient (Wildman–Crippen LogP) is 6.47. The first-order valence-electron chi connectivity index (χ1n) is 16.5. The summed E-state index contributed by atoms with van der Waals surface area (Å²) in [5.41, 5.74) is 19.4. The van der Waals surface area contributed by atoms with Gasteiger partial charge in [-0.25, -0.2) is 28.7 Å². The highest BCUT2D eigenvalue weighted by Crippen LogP contribution is 2.32. The van der Waals surface area contributed by atoms with E-state index in [-0.39, 0.29) is 23.7 Å². The molecule has 6 N–H and O–H groups in total. The molecule has 0 amide bonds. The van der Waals surface area contributed by atoms with Crippen molar-refractivity contribution >= 4 is 23.0 Å². The predicted molar refractivity (Wildman–Crippen MR) is 190 cm³/mol. The zero-order chi connectivity index (χ0) is 34.5. The molecule has 50 heavy (non-hydrogen) atoms. The number of nitrogens with one attached hydrogen (secondary N) is 2. The third-order valence-electron chi connectivity index (χ3n) is 8.67. The number of nitrogens with zero attached hydrogens (tertiary/aromatic N) is 6. The molecule has 2 aliphatic rings. The van der Waals surface area contributed by atoms with Crippen molar-refractivity contribution in [2.45, 2.75) is 50.6 Å². The number of rotatable bonds is 6. The Balaban J connectivity index is 0.000000157. The van der Waals surface area contributed by atoms with Gasteiger partial charge in [0.05, 0.1) is 0 Å². The SMILES string of the molecule is N[C@@H]1CCc2nc(-c3ccncc3)nc(Nc3cccc(F)c3)c2C1.N[C@H]1CCc2nc(-c3ccncc3)nc(Nc3cccc(F)c3)c2C1. The summed E-state index contributed by atoms with van der Waals surface area (Å²) in [4.78, 5) is 26.9. The van der Waals surface area contributed by atoms with Gasteiger partial charge in [-0.15, -0.1) is 0 Å². The van der Waals surface area contributed by atoms with Gasteiger partial charge in [0, 0.05) is 81.9 Å². The maximum atomic E-state index is 13.5. The summed E-state index contributed by atoms with van der Waals surface area (Å²) in [6.07, 6.45) is 11.7. The molecule has 0 bridgehead atoms. The Hall–Kier alpha value is -5.72. The number of aryl methyl sites for hydroxylation is 2. The van der Waals surface area contributed by atoms with Crippen molar-refractivity contribution in [1.82, 2.24) is 29.9 Å². The molecule has 12 heteroatoms. The Bertz CT molecular complexity index is 1950. The Morgan fingerprint density at radius 3 is 1.38 bits per heavy atom. The minimum absolute atomic E-state index is 0.0935. The molecule has 2 atom stereocenters. The first-order chi connectivity index (χ1) is 24.4. The first-order valence-corrected chi connectivity index (χ1v) is 16.5. The monoisotopic (exact) mass is 670 g/mol. The van der Waals surface area contributed by atoms with E-state index < -0.39 is 0 Å². The fraction of sp³-hybridized carbons (Fsp3) is 0.211. The number of nitrogens with two attached hydrogens (primary N) is 2. The summed E-state index contributed by atoms with van der Waals surface area (Å²) in [5, 5.41) is 6.48. The molecular weight excluding hydrogens is 634 g/mol. The Kier molecular flexibility index (Phi) is 9.72. The van der Waals surface area contributed by atoms with E-state index in [4.69, 9.17) is 21.4 Å². The van der Waals surface area contributed by atoms with Crippen LogP contribution < -0.4 is 22.1 Å². The number of hydrogen-bond donors (Lipinski definition) is 4. The summed E-state index contributed by atoms with van der Waals surface area (Å²) in [5.74, 6) is 2.07. The largest absolute Gasteiger partial charge is 0.340 e. The van der Waals surface area contributed by atoms with E-state index >= 15 is 0 Å². The summed E-state index contributed by atoms with van der Waals surface area (Å²) in [7, 11) is 0. The van der Waals surface area contributed by atoms with E-state index in [1.54, 1.807) is 36.9 Å². The molecule has 0 spiro atoms. The summed E-state index contributed by atoms with van der Waals surface area (Å²) >= 11 is 0. The number of hydrogen-bond acceptors (Lipinski definition) is 10. The lowest BCUT2D eigenvalue weighted by molar-refractivity contribution is 0.566. The standard InChI is InChI=1S/2C19H18FN5/c2*20-13-2-1-3-15(10-13)23-19-16-11-14(21)4-5-17(16)24-18(25-19)12-6-8-22-9-7-12/h2*1-3,6-10,14H,4-5,11,21H2,(H,23,24,25)/t2*14-/m10/s1. The molecule has 10 nitrogen and oxygen atoms in total. The van der Waals surface area contributed by atoms with Gasteiger partial charge in [-0.05, 0) is 99.2 Å². The molecule has 0 saturated carbocycles. The molecule has 6 aromatic rings. The number of benzene rings is 2. The van der Waals surface area contributed by atoms with Gasteiger partial charge in [0.2, 0.25) is 0 Å². The smallest absolute Gasteiger partial charge is 0.161 e. The second-order valence-corrected chi connectivity index (χ2v) is 12.4. The molecule has 0 radical (unpaired) electrons. The maximum Gasteiger partial charge on any atom is 0.161 e. The van der Waals surface area contributed by atoms with E-state index in [9.17, 15) is 8.78 Å². The van der Waals surface area contributed by atoms with Crippen molar-refractivity contribution in [3.8, 4) is 22.8 Å². The van der Waals surface area contributed by atoms with Gasteiger partial charge in [0.1, 0.15) is 23.3 Å². The third kappa shape index (κ3) is 7.77. The molecule has 0 unspecified atom stereocenters. The lowest BCUT2D eigenvalue weighted by Crippen LogP contribution is -2.29. The highest BCUT2D eigenvalue weighted by atomic mass is 19.1. The van der Waals surface area contributed by atoms with Crippen LogP contribution >= 0.6 is 0 Å². The average molecular weight is 671 g/mol. The second kappa shape index (κ2) is 14.8. The van der Waals surface area contributed by atoms with Crippen LogP contribution in [0.3, 0.4) is 0 Å². The fourth-order valence-electron chi connectivity index (χ4n) is 6.15. The number of pyridine rings is 2. The number of aromatic nitrogens is 6. The average Bonchev–Trinajstić information content (AvgIpc) is 3.13. The van der Waals surface area contributed by atoms with Crippen LogP contribution in [-0.2, 0) is 25.7 Å². The van der Waals surface area contributed by atoms with Crippen molar-refractivity contribution in [1.29, 1.82) is 0 Å². The number of halogens is 2. The molecule has 0 fully saturated rings. The van der Waals surface area contributed by atoms with Crippen LogP contribution in [0.15, 0.2) is 97.6 Å². The van der Waals surface area contributed by atoms with Crippen LogP contribution in [0.1, 0.15) is 35.4 Å². The van der Waals surface area contributed by atoms with Crippen LogP contribution in [0.5, 0.6) is 0 Å². The van der Waals surface area contributed by atoms with E-state index in [0.29, 0.717) is 47.5 Å². The van der Waals surface area contributed by atoms with Crippen molar-refractivity contribution in [2.75, 3.05) is 10.6 Å². The minimum Gasteiger partial charge on any atom is -0.340 e. The third-order valence-corrected chi connectivity index (χ3v) is 8.67. The molecule has 4 heterocycles. The van der Waals surface area contributed by atoms with Gasteiger partial charge in [0.15, 0.2) is 11.6 Å². The highest BCUT2D eigenvalue weighted by Gasteiger charge is 2.24. The van der Waals surface area contributed by atoms with E-state index in [1.165, 1.54) is 24.3 Å². The fourth-order valence-corrected chi connectivity index (χ4v) is 6.15. The van der Waals surface area contributed by atoms with E-state index in [1.807, 2.05) is 36.4 Å². The molecule has 0 saturated heterocycles. The maximum absolute atomic E-state index is 13.5. The topological polar surface area (TPSA) is 153 Å². The molecule has 252 valence electrons. The van der Waals surface area contributed by atoms with Crippen LogP contribution in [0, 0.1) is 11.6 Å². The van der Waals surface area contributed by atoms with Crippen LogP contribution in [0.2, 0.25) is 0 Å². The van der Waals surface area contributed by atoms with Gasteiger partial charge >= 0.3 is 0 Å². The highest BCUT2D eigenvalue weighted by molar-refractivity contribution is 5.66. The molecule has 2 aromatic carbocycles. The summed E-state index contributed by atoms with van der Waals surface area (Å²) in [6, 6.07) is 20.4. The lowest BCUT2D eigenvalue weighted by Gasteiger charge is -2.24. The van der Waals surface area contributed by atoms with E-state index in [0.717, 1.165) is 59.3 Å². The zero-order valence-electron chi connectivity index (χ0n) is 27.2. The van der Waals surface area contributed by atoms with Crippen molar-refractivity contribution in [3.05, 3.63) is 132 Å². The summed E-state index contributed by atoms with van der Waals surface area (Å²) in [6.45, 7) is 0. The minimum atomic E-state index is -0.293.